The Morgan fingerprint density at radius 3 is 2.53 bits per heavy atom. The summed E-state index contributed by atoms with van der Waals surface area (Å²) in [4.78, 5) is 38.9. The predicted octanol–water partition coefficient (Wildman–Crippen LogP) is 3.58. The number of nitriles is 1. The Morgan fingerprint density at radius 2 is 1.91 bits per heavy atom. The summed E-state index contributed by atoms with van der Waals surface area (Å²) in [6.45, 7) is 6.67. The number of esters is 1. The zero-order valence-electron chi connectivity index (χ0n) is 18.2. The summed E-state index contributed by atoms with van der Waals surface area (Å²) in [6, 6.07) is 11.2. The average molecular weight is 451 g/mol. The van der Waals surface area contributed by atoms with Crippen molar-refractivity contribution >= 4 is 28.2 Å². The molecule has 0 spiro atoms. The summed E-state index contributed by atoms with van der Waals surface area (Å²) in [6.07, 6.45) is 0. The fourth-order valence-corrected chi connectivity index (χ4v) is 4.38. The van der Waals surface area contributed by atoms with Gasteiger partial charge in [0.1, 0.15) is 28.7 Å². The van der Waals surface area contributed by atoms with Crippen LogP contribution in [-0.2, 0) is 16.1 Å². The van der Waals surface area contributed by atoms with E-state index in [-0.39, 0.29) is 17.7 Å². The lowest BCUT2D eigenvalue weighted by molar-refractivity contribution is -0.117. The number of hydrogen-bond acceptors (Lipinski definition) is 7. The van der Waals surface area contributed by atoms with Gasteiger partial charge in [-0.1, -0.05) is 30.3 Å². The molecule has 0 atom stereocenters. The molecule has 32 heavy (non-hydrogen) atoms. The lowest BCUT2D eigenvalue weighted by atomic mass is 10.0. The molecule has 1 N–H and O–H groups in total. The van der Waals surface area contributed by atoms with Crippen LogP contribution >= 0.6 is 11.3 Å². The fraction of sp³-hybridized carbons (Fsp3) is 0.261. The zero-order chi connectivity index (χ0) is 23.4. The third-order valence-corrected chi connectivity index (χ3v) is 5.94. The monoisotopic (exact) mass is 450 g/mol. The van der Waals surface area contributed by atoms with Crippen LogP contribution in [0.15, 0.2) is 35.1 Å². The van der Waals surface area contributed by atoms with E-state index >= 15 is 0 Å². The van der Waals surface area contributed by atoms with Gasteiger partial charge in [-0.25, -0.2) is 9.48 Å². The standard InChI is InChI=1S/C23H22N4O4S/c1-5-31-23(30)20-19(16-9-7-6-8-10-16)15(4)32-21(20)25-18(28)12-27-22(29)17(11-24)13(2)14(3)26-27/h6-10H,5,12H2,1-4H3,(H,25,28). The molecule has 0 aliphatic carbocycles. The quantitative estimate of drug-likeness (QED) is 0.574. The van der Waals surface area contributed by atoms with Crippen molar-refractivity contribution < 1.29 is 14.3 Å². The van der Waals surface area contributed by atoms with Crippen LogP contribution in [0.5, 0.6) is 0 Å². The Kier molecular flexibility index (Phi) is 6.85. The molecular formula is C23H22N4O4S. The van der Waals surface area contributed by atoms with Gasteiger partial charge in [-0.15, -0.1) is 11.3 Å². The number of carbonyl (C=O) groups is 2. The maximum absolute atomic E-state index is 12.8. The SMILES string of the molecule is CCOC(=O)c1c(NC(=O)Cn2nc(C)c(C)c(C#N)c2=O)sc(C)c1-c1ccccc1. The maximum atomic E-state index is 12.8. The van der Waals surface area contributed by atoms with Gasteiger partial charge in [0.05, 0.1) is 12.3 Å². The van der Waals surface area contributed by atoms with Gasteiger partial charge in [0.25, 0.3) is 5.56 Å². The first-order chi connectivity index (χ1) is 15.3. The maximum Gasteiger partial charge on any atom is 0.341 e. The van der Waals surface area contributed by atoms with Crippen molar-refractivity contribution in [1.29, 1.82) is 5.26 Å². The summed E-state index contributed by atoms with van der Waals surface area (Å²) >= 11 is 1.25. The summed E-state index contributed by atoms with van der Waals surface area (Å²) in [5.41, 5.74) is 2.08. The predicted molar refractivity (Wildman–Crippen MR) is 122 cm³/mol. The number of ether oxygens (including phenoxy) is 1. The lowest BCUT2D eigenvalue weighted by Gasteiger charge is -2.11. The molecule has 0 aliphatic rings. The van der Waals surface area contributed by atoms with Crippen LogP contribution in [0.2, 0.25) is 0 Å². The first-order valence-electron chi connectivity index (χ1n) is 9.92. The van der Waals surface area contributed by atoms with Crippen molar-refractivity contribution in [2.24, 2.45) is 0 Å². The van der Waals surface area contributed by atoms with E-state index in [0.717, 1.165) is 15.1 Å². The molecule has 2 heterocycles. The number of aromatic nitrogens is 2. The topological polar surface area (TPSA) is 114 Å². The molecule has 1 aromatic carbocycles. The highest BCUT2D eigenvalue weighted by Gasteiger charge is 2.26. The molecule has 2 aromatic heterocycles. The highest BCUT2D eigenvalue weighted by molar-refractivity contribution is 7.17. The van der Waals surface area contributed by atoms with E-state index in [1.54, 1.807) is 20.8 Å². The number of nitrogens with one attached hydrogen (secondary N) is 1. The fourth-order valence-electron chi connectivity index (χ4n) is 3.30. The second kappa shape index (κ2) is 9.58. The van der Waals surface area contributed by atoms with Crippen LogP contribution in [0.1, 0.15) is 39.0 Å². The van der Waals surface area contributed by atoms with Crippen molar-refractivity contribution in [2.75, 3.05) is 11.9 Å². The first-order valence-corrected chi connectivity index (χ1v) is 10.7. The number of carbonyl (C=O) groups excluding carboxylic acids is 2. The number of amides is 1. The first kappa shape index (κ1) is 22.9. The number of benzene rings is 1. The van der Waals surface area contributed by atoms with Crippen LogP contribution in [-0.4, -0.2) is 28.3 Å². The second-order valence-electron chi connectivity index (χ2n) is 7.03. The Hall–Kier alpha value is -3.77. The van der Waals surface area contributed by atoms with E-state index < -0.39 is 24.0 Å². The normalized spacial score (nSPS) is 10.5. The highest BCUT2D eigenvalue weighted by atomic mass is 32.1. The van der Waals surface area contributed by atoms with Gasteiger partial charge in [0.15, 0.2) is 0 Å². The molecule has 164 valence electrons. The molecular weight excluding hydrogens is 428 g/mol. The minimum Gasteiger partial charge on any atom is -0.462 e. The number of rotatable bonds is 6. The van der Waals surface area contributed by atoms with Crippen molar-refractivity contribution in [3.63, 3.8) is 0 Å². The molecule has 0 radical (unpaired) electrons. The van der Waals surface area contributed by atoms with E-state index in [1.807, 2.05) is 43.3 Å². The van der Waals surface area contributed by atoms with E-state index in [1.165, 1.54) is 11.3 Å². The number of thiophene rings is 1. The van der Waals surface area contributed by atoms with E-state index in [4.69, 9.17) is 4.74 Å². The van der Waals surface area contributed by atoms with Crippen molar-refractivity contribution in [3.05, 3.63) is 67.9 Å². The molecule has 8 nitrogen and oxygen atoms in total. The third kappa shape index (κ3) is 4.45. The van der Waals surface area contributed by atoms with Gasteiger partial charge in [0, 0.05) is 10.4 Å². The average Bonchev–Trinajstić information content (AvgIpc) is 3.08. The molecule has 0 bridgehead atoms. The van der Waals surface area contributed by atoms with E-state index in [0.29, 0.717) is 21.8 Å². The van der Waals surface area contributed by atoms with Gasteiger partial charge in [0.2, 0.25) is 5.91 Å². The van der Waals surface area contributed by atoms with Crippen molar-refractivity contribution in [1.82, 2.24) is 9.78 Å². The van der Waals surface area contributed by atoms with Crippen LogP contribution in [0.3, 0.4) is 0 Å². The molecule has 3 rings (SSSR count). The van der Waals surface area contributed by atoms with Gasteiger partial charge < -0.3 is 10.1 Å². The lowest BCUT2D eigenvalue weighted by Crippen LogP contribution is -2.32. The summed E-state index contributed by atoms with van der Waals surface area (Å²) in [5.74, 6) is -1.09. The van der Waals surface area contributed by atoms with Gasteiger partial charge >= 0.3 is 5.97 Å². The minimum absolute atomic E-state index is 0.0455. The molecule has 3 aromatic rings. The molecule has 9 heteroatoms. The number of nitrogens with zero attached hydrogens (tertiary/aromatic N) is 3. The largest absolute Gasteiger partial charge is 0.462 e. The van der Waals surface area contributed by atoms with Gasteiger partial charge in [-0.05, 0) is 38.8 Å². The third-order valence-electron chi connectivity index (χ3n) is 4.92. The summed E-state index contributed by atoms with van der Waals surface area (Å²) in [5, 5.41) is 16.4. The zero-order valence-corrected chi connectivity index (χ0v) is 19.0. The molecule has 0 unspecified atom stereocenters. The molecule has 0 saturated heterocycles. The number of hydrogen-bond donors (Lipinski definition) is 1. The molecule has 0 fully saturated rings. The Bertz CT molecular complexity index is 1290. The second-order valence-corrected chi connectivity index (χ2v) is 8.26. The van der Waals surface area contributed by atoms with Crippen molar-refractivity contribution in [2.45, 2.75) is 34.2 Å². The van der Waals surface area contributed by atoms with Crippen LogP contribution in [0.4, 0.5) is 5.00 Å². The molecule has 0 saturated carbocycles. The Morgan fingerprint density at radius 1 is 1.22 bits per heavy atom. The minimum atomic E-state index is -0.635. The summed E-state index contributed by atoms with van der Waals surface area (Å²) in [7, 11) is 0. The van der Waals surface area contributed by atoms with E-state index in [9.17, 15) is 19.6 Å². The molecule has 0 aliphatic heterocycles. The number of anilines is 1. The Labute approximate surface area is 189 Å². The van der Waals surface area contributed by atoms with Crippen LogP contribution < -0.4 is 10.9 Å². The molecule has 1 amide bonds. The van der Waals surface area contributed by atoms with Crippen molar-refractivity contribution in [3.8, 4) is 17.2 Å². The highest BCUT2D eigenvalue weighted by Crippen LogP contribution is 2.40. The Balaban J connectivity index is 1.99. The van der Waals surface area contributed by atoms with Gasteiger partial charge in [-0.3, -0.25) is 9.59 Å². The summed E-state index contributed by atoms with van der Waals surface area (Å²) < 4.78 is 6.19. The van der Waals surface area contributed by atoms with Crippen LogP contribution in [0.25, 0.3) is 11.1 Å². The smallest absolute Gasteiger partial charge is 0.341 e. The van der Waals surface area contributed by atoms with E-state index in [2.05, 4.69) is 10.4 Å². The van der Waals surface area contributed by atoms with Crippen LogP contribution in [0, 0.1) is 32.1 Å². The number of aryl methyl sites for hydroxylation is 2. The van der Waals surface area contributed by atoms with Gasteiger partial charge in [-0.2, -0.15) is 10.4 Å².